The number of aromatic nitrogens is 1. The predicted octanol–water partition coefficient (Wildman–Crippen LogP) is 2.91. The first-order chi connectivity index (χ1) is 5.92. The molecule has 0 aliphatic heterocycles. The number of hydrogen-bond acceptors (Lipinski definition) is 3. The fraction of sp³-hybridized carbons (Fsp3) is 0.600. The van der Waals surface area contributed by atoms with Crippen LogP contribution in [0.1, 0.15) is 36.3 Å². The van der Waals surface area contributed by atoms with Crippen LogP contribution in [0.2, 0.25) is 0 Å². The molecule has 1 aromatic heterocycles. The molecule has 0 bridgehead atoms. The SMILES string of the molecule is Cc1nc(CC(C)(C)C)sc1C#N. The third-order valence-electron chi connectivity index (χ3n) is 1.62. The molecule has 0 fully saturated rings. The van der Waals surface area contributed by atoms with E-state index in [9.17, 15) is 0 Å². The number of nitrogens with zero attached hydrogens (tertiary/aromatic N) is 2. The summed E-state index contributed by atoms with van der Waals surface area (Å²) in [6.07, 6.45) is 0.945. The highest BCUT2D eigenvalue weighted by Crippen LogP contribution is 2.25. The Morgan fingerprint density at radius 3 is 2.46 bits per heavy atom. The van der Waals surface area contributed by atoms with E-state index < -0.39 is 0 Å². The quantitative estimate of drug-likeness (QED) is 0.689. The minimum Gasteiger partial charge on any atom is -0.245 e. The average molecular weight is 194 g/mol. The van der Waals surface area contributed by atoms with Crippen LogP contribution in [0.5, 0.6) is 0 Å². The molecule has 2 nitrogen and oxygen atoms in total. The largest absolute Gasteiger partial charge is 0.245 e. The molecule has 0 aliphatic rings. The van der Waals surface area contributed by atoms with Gasteiger partial charge in [-0.2, -0.15) is 5.26 Å². The fourth-order valence-electron chi connectivity index (χ4n) is 1.09. The fourth-order valence-corrected chi connectivity index (χ4v) is 2.25. The molecule has 0 amide bonds. The van der Waals surface area contributed by atoms with Crippen molar-refractivity contribution in [2.75, 3.05) is 0 Å². The Morgan fingerprint density at radius 2 is 2.08 bits per heavy atom. The number of rotatable bonds is 1. The third-order valence-corrected chi connectivity index (χ3v) is 2.69. The van der Waals surface area contributed by atoms with E-state index in [1.54, 1.807) is 0 Å². The van der Waals surface area contributed by atoms with E-state index in [-0.39, 0.29) is 5.41 Å². The lowest BCUT2D eigenvalue weighted by Gasteiger charge is -2.15. The lowest BCUT2D eigenvalue weighted by Crippen LogP contribution is -2.08. The van der Waals surface area contributed by atoms with Crippen LogP contribution in [0.4, 0.5) is 0 Å². The zero-order valence-electron chi connectivity index (χ0n) is 8.51. The molecule has 0 saturated heterocycles. The van der Waals surface area contributed by atoms with Crippen LogP contribution in [-0.2, 0) is 6.42 Å². The van der Waals surface area contributed by atoms with Gasteiger partial charge in [0.05, 0.1) is 10.7 Å². The van der Waals surface area contributed by atoms with Gasteiger partial charge in [0.15, 0.2) is 0 Å². The summed E-state index contributed by atoms with van der Waals surface area (Å²) in [4.78, 5) is 5.11. The van der Waals surface area contributed by atoms with E-state index in [4.69, 9.17) is 5.26 Å². The summed E-state index contributed by atoms with van der Waals surface area (Å²) in [5, 5.41) is 9.82. The van der Waals surface area contributed by atoms with Crippen molar-refractivity contribution in [3.63, 3.8) is 0 Å². The van der Waals surface area contributed by atoms with Gasteiger partial charge in [0, 0.05) is 6.42 Å². The normalized spacial score (nSPS) is 11.3. The molecule has 0 atom stereocenters. The number of aryl methyl sites for hydroxylation is 1. The lowest BCUT2D eigenvalue weighted by atomic mass is 9.93. The molecule has 0 radical (unpaired) electrons. The summed E-state index contributed by atoms with van der Waals surface area (Å²) in [7, 11) is 0. The summed E-state index contributed by atoms with van der Waals surface area (Å²) in [5.41, 5.74) is 1.11. The smallest absolute Gasteiger partial charge is 0.127 e. The first kappa shape index (κ1) is 10.2. The minimum absolute atomic E-state index is 0.247. The van der Waals surface area contributed by atoms with Crippen molar-refractivity contribution in [3.05, 3.63) is 15.6 Å². The van der Waals surface area contributed by atoms with Crippen molar-refractivity contribution in [1.82, 2.24) is 4.98 Å². The molecule has 1 heterocycles. The van der Waals surface area contributed by atoms with Crippen molar-refractivity contribution in [2.24, 2.45) is 5.41 Å². The summed E-state index contributed by atoms with van der Waals surface area (Å²) >= 11 is 1.51. The lowest BCUT2D eigenvalue weighted by molar-refractivity contribution is 0.410. The maximum Gasteiger partial charge on any atom is 0.127 e. The predicted molar refractivity (Wildman–Crippen MR) is 54.7 cm³/mol. The van der Waals surface area contributed by atoms with Crippen LogP contribution >= 0.6 is 11.3 Å². The molecule has 0 spiro atoms. The van der Waals surface area contributed by atoms with Crippen LogP contribution in [0.25, 0.3) is 0 Å². The first-order valence-corrected chi connectivity index (χ1v) is 5.10. The second kappa shape index (κ2) is 3.47. The molecule has 1 aromatic rings. The number of nitriles is 1. The molecular weight excluding hydrogens is 180 g/mol. The van der Waals surface area contributed by atoms with Gasteiger partial charge >= 0.3 is 0 Å². The Balaban J connectivity index is 2.87. The second-order valence-corrected chi connectivity index (χ2v) is 5.46. The standard InChI is InChI=1S/C10H14N2S/c1-7-8(6-11)13-9(12-7)5-10(2,3)4/h5H2,1-4H3. The zero-order valence-corrected chi connectivity index (χ0v) is 9.33. The van der Waals surface area contributed by atoms with Gasteiger partial charge in [-0.3, -0.25) is 0 Å². The van der Waals surface area contributed by atoms with Crippen LogP contribution in [0.3, 0.4) is 0 Å². The van der Waals surface area contributed by atoms with Crippen LogP contribution in [-0.4, -0.2) is 4.98 Å². The highest BCUT2D eigenvalue weighted by atomic mass is 32.1. The molecule has 13 heavy (non-hydrogen) atoms. The van der Waals surface area contributed by atoms with Crippen molar-refractivity contribution >= 4 is 11.3 Å². The van der Waals surface area contributed by atoms with Crippen LogP contribution in [0.15, 0.2) is 0 Å². The van der Waals surface area contributed by atoms with Crippen LogP contribution < -0.4 is 0 Å². The minimum atomic E-state index is 0.247. The summed E-state index contributed by atoms with van der Waals surface area (Å²) in [5.74, 6) is 0. The van der Waals surface area contributed by atoms with Gasteiger partial charge < -0.3 is 0 Å². The topological polar surface area (TPSA) is 36.7 Å². The van der Waals surface area contributed by atoms with Gasteiger partial charge in [0.25, 0.3) is 0 Å². The molecule has 0 N–H and O–H groups in total. The van der Waals surface area contributed by atoms with E-state index in [0.29, 0.717) is 0 Å². The van der Waals surface area contributed by atoms with E-state index >= 15 is 0 Å². The Labute approximate surface area is 83.2 Å². The molecule has 0 unspecified atom stereocenters. The Kier molecular flexibility index (Phi) is 2.72. The van der Waals surface area contributed by atoms with Gasteiger partial charge in [0.2, 0.25) is 0 Å². The number of thiazole rings is 1. The molecule has 0 aromatic carbocycles. The molecule has 1 rings (SSSR count). The Morgan fingerprint density at radius 1 is 1.46 bits per heavy atom. The van der Waals surface area contributed by atoms with Crippen molar-refractivity contribution in [2.45, 2.75) is 34.1 Å². The molecule has 3 heteroatoms. The monoisotopic (exact) mass is 194 g/mol. The van der Waals surface area contributed by atoms with Gasteiger partial charge in [-0.15, -0.1) is 11.3 Å². The van der Waals surface area contributed by atoms with E-state index in [1.807, 2.05) is 6.92 Å². The summed E-state index contributed by atoms with van der Waals surface area (Å²) in [6, 6.07) is 2.16. The van der Waals surface area contributed by atoms with Gasteiger partial charge in [-0.05, 0) is 12.3 Å². The Hall–Kier alpha value is -0.880. The summed E-state index contributed by atoms with van der Waals surface area (Å²) < 4.78 is 0. The molecule has 70 valence electrons. The highest BCUT2D eigenvalue weighted by molar-refractivity contribution is 7.12. The van der Waals surface area contributed by atoms with Crippen molar-refractivity contribution in [1.29, 1.82) is 5.26 Å². The van der Waals surface area contributed by atoms with Crippen LogP contribution in [0, 0.1) is 23.7 Å². The number of hydrogen-bond donors (Lipinski definition) is 0. The maximum atomic E-state index is 8.75. The third kappa shape index (κ3) is 2.82. The molecule has 0 saturated carbocycles. The van der Waals surface area contributed by atoms with Crippen molar-refractivity contribution in [3.8, 4) is 6.07 Å². The molecular formula is C10H14N2S. The van der Waals surface area contributed by atoms with E-state index in [0.717, 1.165) is 22.0 Å². The average Bonchev–Trinajstić information content (AvgIpc) is 2.26. The second-order valence-electron chi connectivity index (χ2n) is 4.37. The highest BCUT2D eigenvalue weighted by Gasteiger charge is 2.15. The van der Waals surface area contributed by atoms with Crippen molar-refractivity contribution < 1.29 is 0 Å². The first-order valence-electron chi connectivity index (χ1n) is 4.29. The van der Waals surface area contributed by atoms with E-state index in [2.05, 4.69) is 31.8 Å². The zero-order chi connectivity index (χ0) is 10.1. The Bertz CT molecular complexity index is 339. The maximum absolute atomic E-state index is 8.75. The van der Waals surface area contributed by atoms with Gasteiger partial charge in [0.1, 0.15) is 10.9 Å². The van der Waals surface area contributed by atoms with Gasteiger partial charge in [-0.25, -0.2) is 4.98 Å². The van der Waals surface area contributed by atoms with Gasteiger partial charge in [-0.1, -0.05) is 20.8 Å². The summed E-state index contributed by atoms with van der Waals surface area (Å²) in [6.45, 7) is 8.42. The molecule has 0 aliphatic carbocycles. The van der Waals surface area contributed by atoms with E-state index in [1.165, 1.54) is 11.3 Å².